The topological polar surface area (TPSA) is 26.0 Å². The molecule has 1 nitrogen and oxygen atoms in total. The van der Waals surface area contributed by atoms with Crippen LogP contribution in [0, 0.1) is 0 Å². The fourth-order valence-corrected chi connectivity index (χ4v) is 0.0772. The molecule has 0 aromatic rings. The Labute approximate surface area is 43.1 Å². The van der Waals surface area contributed by atoms with E-state index in [1.54, 1.807) is 0 Å². The van der Waals surface area contributed by atoms with Gasteiger partial charge in [-0.3, -0.25) is 4.39 Å². The van der Waals surface area contributed by atoms with E-state index in [1.807, 2.05) is 0 Å². The lowest BCUT2D eigenvalue weighted by Crippen LogP contribution is -1.97. The van der Waals surface area contributed by atoms with Gasteiger partial charge < -0.3 is 5.73 Å². The Morgan fingerprint density at radius 3 is 2.00 bits per heavy atom. The minimum atomic E-state index is -0.281. The van der Waals surface area contributed by atoms with Gasteiger partial charge >= 0.3 is 0 Å². The molecule has 0 saturated carbocycles. The molecule has 0 rings (SSSR count). The van der Waals surface area contributed by atoms with Gasteiger partial charge in [0.2, 0.25) is 0 Å². The summed E-state index contributed by atoms with van der Waals surface area (Å²) in [7, 11) is 0. The molecule has 0 fully saturated rings. The van der Waals surface area contributed by atoms with Crippen LogP contribution in [0.15, 0.2) is 0 Å². The fourth-order valence-electron chi connectivity index (χ4n) is 0.0772. The maximum Gasteiger partial charge on any atom is 0.0906 e. The van der Waals surface area contributed by atoms with Gasteiger partial charge in [0, 0.05) is 0 Å². The van der Waals surface area contributed by atoms with Crippen molar-refractivity contribution in [1.29, 1.82) is 0 Å². The Morgan fingerprint density at radius 1 is 1.50 bits per heavy atom. The molecule has 0 aliphatic heterocycles. The predicted molar refractivity (Wildman–Crippen MR) is 26.9 cm³/mol. The largest absolute Gasteiger partial charge is 0.330 e. The van der Waals surface area contributed by atoms with Crippen molar-refractivity contribution in [1.82, 2.24) is 0 Å². The summed E-state index contributed by atoms with van der Waals surface area (Å²) >= 11 is 0. The summed E-state index contributed by atoms with van der Waals surface area (Å²) in [6.45, 7) is 0.188. The molecule has 0 spiro atoms. The summed E-state index contributed by atoms with van der Waals surface area (Å²) < 4.78 is 10.9. The van der Waals surface area contributed by atoms with Gasteiger partial charge in [-0.15, -0.1) is 12.4 Å². The third-order valence-corrected chi connectivity index (χ3v) is 0.338. The first-order valence-corrected chi connectivity index (χ1v) is 1.68. The highest BCUT2D eigenvalue weighted by Crippen LogP contribution is 1.70. The molecule has 0 saturated heterocycles. The Hall–Kier alpha value is 0.180. The van der Waals surface area contributed by atoms with Crippen LogP contribution in [0.1, 0.15) is 6.42 Å². The summed E-state index contributed by atoms with van der Waals surface area (Å²) in [5, 5.41) is 0. The van der Waals surface area contributed by atoms with Crippen molar-refractivity contribution in [3.8, 4) is 0 Å². The van der Waals surface area contributed by atoms with Gasteiger partial charge in [0.15, 0.2) is 0 Å². The highest BCUT2D eigenvalue weighted by atomic mass is 35.5. The van der Waals surface area contributed by atoms with Gasteiger partial charge in [-0.2, -0.15) is 0 Å². The lowest BCUT2D eigenvalue weighted by atomic mass is 10.5. The molecule has 0 heterocycles. The maximum absolute atomic E-state index is 10.9. The molecule has 3 heteroatoms. The molecule has 0 aromatic heterocycles. The SMILES string of the molecule is Cl.NCCCF. The highest BCUT2D eigenvalue weighted by molar-refractivity contribution is 5.85. The Kier molecular flexibility index (Phi) is 14.2. The van der Waals surface area contributed by atoms with Crippen LogP contribution in [0.4, 0.5) is 4.39 Å². The van der Waals surface area contributed by atoms with Crippen molar-refractivity contribution in [2.45, 2.75) is 6.42 Å². The van der Waals surface area contributed by atoms with Crippen molar-refractivity contribution >= 4 is 12.4 Å². The van der Waals surface area contributed by atoms with Crippen molar-refractivity contribution in [2.24, 2.45) is 5.73 Å². The molecule has 0 aromatic carbocycles. The van der Waals surface area contributed by atoms with E-state index >= 15 is 0 Å². The van der Waals surface area contributed by atoms with Crippen LogP contribution in [0.25, 0.3) is 0 Å². The quantitative estimate of drug-likeness (QED) is 0.561. The first-order valence-electron chi connectivity index (χ1n) is 1.68. The van der Waals surface area contributed by atoms with E-state index in [1.165, 1.54) is 0 Å². The van der Waals surface area contributed by atoms with E-state index in [9.17, 15) is 4.39 Å². The lowest BCUT2D eigenvalue weighted by Gasteiger charge is -1.77. The van der Waals surface area contributed by atoms with E-state index < -0.39 is 0 Å². The van der Waals surface area contributed by atoms with Crippen LogP contribution >= 0.6 is 12.4 Å². The second-order valence-corrected chi connectivity index (χ2v) is 0.831. The van der Waals surface area contributed by atoms with Gasteiger partial charge in [-0.25, -0.2) is 0 Å². The number of hydrogen-bond acceptors (Lipinski definition) is 1. The molecule has 0 radical (unpaired) electrons. The average Bonchev–Trinajstić information content (AvgIpc) is 1.41. The molecule has 0 unspecified atom stereocenters. The zero-order valence-electron chi connectivity index (χ0n) is 3.48. The van der Waals surface area contributed by atoms with Gasteiger partial charge in [0.05, 0.1) is 6.67 Å². The van der Waals surface area contributed by atoms with Crippen LogP contribution in [-0.2, 0) is 0 Å². The average molecular weight is 114 g/mol. The summed E-state index contributed by atoms with van der Waals surface area (Å²) in [5.41, 5.74) is 4.90. The Morgan fingerprint density at radius 2 is 2.00 bits per heavy atom. The smallest absolute Gasteiger partial charge is 0.0906 e. The maximum atomic E-state index is 10.9. The molecule has 6 heavy (non-hydrogen) atoms. The predicted octanol–water partition coefficient (Wildman–Crippen LogP) is 0.727. The Balaban J connectivity index is 0. The van der Waals surface area contributed by atoms with Crippen LogP contribution < -0.4 is 5.73 Å². The normalized spacial score (nSPS) is 7.00. The van der Waals surface area contributed by atoms with Crippen LogP contribution in [0.5, 0.6) is 0 Å². The second-order valence-electron chi connectivity index (χ2n) is 0.831. The van der Waals surface area contributed by atoms with Crippen LogP contribution in [0.2, 0.25) is 0 Å². The first-order chi connectivity index (χ1) is 2.41. The van der Waals surface area contributed by atoms with Crippen molar-refractivity contribution < 1.29 is 4.39 Å². The second kappa shape index (κ2) is 8.95. The van der Waals surface area contributed by atoms with Crippen LogP contribution in [0.3, 0.4) is 0 Å². The van der Waals surface area contributed by atoms with Gasteiger partial charge in [-0.1, -0.05) is 0 Å². The highest BCUT2D eigenvalue weighted by Gasteiger charge is 1.71. The standard InChI is InChI=1S/C3H8FN.ClH/c4-2-1-3-5;/h1-3,5H2;1H. The molecular formula is C3H9ClFN. The number of nitrogens with two attached hydrogens (primary N) is 1. The molecule has 2 N–H and O–H groups in total. The zero-order chi connectivity index (χ0) is 4.12. The third-order valence-electron chi connectivity index (χ3n) is 0.338. The van der Waals surface area contributed by atoms with Gasteiger partial charge in [0.25, 0.3) is 0 Å². The third kappa shape index (κ3) is 8.89. The van der Waals surface area contributed by atoms with E-state index in [0.717, 1.165) is 0 Å². The van der Waals surface area contributed by atoms with E-state index in [4.69, 9.17) is 5.73 Å². The molecule has 0 amide bonds. The molecule has 40 valence electrons. The Bertz CT molecular complexity index is 18.3. The first kappa shape index (κ1) is 9.49. The van der Waals surface area contributed by atoms with Crippen molar-refractivity contribution in [3.63, 3.8) is 0 Å². The minimum absolute atomic E-state index is 0. The molecule has 0 atom stereocenters. The summed E-state index contributed by atoms with van der Waals surface area (Å²) in [6, 6.07) is 0. The monoisotopic (exact) mass is 113 g/mol. The number of rotatable bonds is 2. The molecule has 0 bridgehead atoms. The number of hydrogen-bond donors (Lipinski definition) is 1. The zero-order valence-corrected chi connectivity index (χ0v) is 4.30. The van der Waals surface area contributed by atoms with Gasteiger partial charge in [0.1, 0.15) is 0 Å². The van der Waals surface area contributed by atoms with E-state index in [2.05, 4.69) is 0 Å². The van der Waals surface area contributed by atoms with E-state index in [-0.39, 0.29) is 19.1 Å². The number of halogens is 2. The number of alkyl halides is 1. The fraction of sp³-hybridized carbons (Fsp3) is 1.00. The molecule has 0 aliphatic carbocycles. The summed E-state index contributed by atoms with van der Waals surface area (Å²) in [4.78, 5) is 0. The molecular weight excluding hydrogens is 104 g/mol. The van der Waals surface area contributed by atoms with Crippen LogP contribution in [-0.4, -0.2) is 13.2 Å². The lowest BCUT2D eigenvalue weighted by molar-refractivity contribution is 0.477. The van der Waals surface area contributed by atoms with Crippen molar-refractivity contribution in [3.05, 3.63) is 0 Å². The van der Waals surface area contributed by atoms with E-state index in [0.29, 0.717) is 13.0 Å². The van der Waals surface area contributed by atoms with Gasteiger partial charge in [-0.05, 0) is 13.0 Å². The summed E-state index contributed by atoms with van der Waals surface area (Å²) in [6.07, 6.45) is 0.500. The van der Waals surface area contributed by atoms with Crippen molar-refractivity contribution in [2.75, 3.05) is 13.2 Å². The molecule has 0 aliphatic rings. The summed E-state index contributed by atoms with van der Waals surface area (Å²) in [5.74, 6) is 0. The minimum Gasteiger partial charge on any atom is -0.330 e.